The molecule has 1 aromatic carbocycles. The highest BCUT2D eigenvalue weighted by atomic mass is 35.5. The lowest BCUT2D eigenvalue weighted by molar-refractivity contribution is 0.648. The Kier molecular flexibility index (Phi) is 2.42. The highest BCUT2D eigenvalue weighted by molar-refractivity contribution is 6.33. The highest BCUT2D eigenvalue weighted by Gasteiger charge is 2.16. The van der Waals surface area contributed by atoms with Crippen molar-refractivity contribution in [3.8, 4) is 0 Å². The van der Waals surface area contributed by atoms with E-state index in [-0.39, 0.29) is 0 Å². The summed E-state index contributed by atoms with van der Waals surface area (Å²) in [5.74, 6) is 0. The molecule has 0 spiro atoms. The molecule has 13 heavy (non-hydrogen) atoms. The van der Waals surface area contributed by atoms with Crippen molar-refractivity contribution in [2.45, 2.75) is 18.9 Å². The maximum Gasteiger partial charge on any atom is 0.0635 e. The second kappa shape index (κ2) is 3.56. The smallest absolute Gasteiger partial charge is 0.0635 e. The van der Waals surface area contributed by atoms with Gasteiger partial charge in [0, 0.05) is 6.04 Å². The molecule has 70 valence electrons. The molecule has 1 aromatic rings. The predicted octanol–water partition coefficient (Wildman–Crippen LogP) is 2.35. The molecule has 0 amide bonds. The molecule has 2 nitrogen and oxygen atoms in total. The topological polar surface area (TPSA) is 38.0 Å². The van der Waals surface area contributed by atoms with Crippen molar-refractivity contribution in [2.24, 2.45) is 0 Å². The van der Waals surface area contributed by atoms with E-state index >= 15 is 0 Å². The number of rotatable bonds is 1. The summed E-state index contributed by atoms with van der Waals surface area (Å²) in [6, 6.07) is 6.35. The van der Waals surface area contributed by atoms with Gasteiger partial charge in [0.1, 0.15) is 0 Å². The molecule has 0 aromatic heterocycles. The molecular formula is C10H13ClN2. The van der Waals surface area contributed by atoms with E-state index in [0.29, 0.717) is 16.8 Å². The largest absolute Gasteiger partial charge is 0.398 e. The van der Waals surface area contributed by atoms with Crippen LogP contribution in [0.3, 0.4) is 0 Å². The second-order valence-corrected chi connectivity index (χ2v) is 3.84. The Labute approximate surface area is 83.1 Å². The normalized spacial score (nSPS) is 22.1. The summed E-state index contributed by atoms with van der Waals surface area (Å²) in [6.45, 7) is 1.10. The molecule has 1 atom stereocenters. The lowest BCUT2D eigenvalue weighted by Crippen LogP contribution is -2.12. The minimum atomic E-state index is 0.472. The van der Waals surface area contributed by atoms with Crippen molar-refractivity contribution in [2.75, 3.05) is 12.3 Å². The number of hydrogen-bond acceptors (Lipinski definition) is 2. The molecular weight excluding hydrogens is 184 g/mol. The third kappa shape index (κ3) is 1.79. The van der Waals surface area contributed by atoms with Crippen LogP contribution in [-0.2, 0) is 0 Å². The van der Waals surface area contributed by atoms with E-state index in [2.05, 4.69) is 5.32 Å². The molecule has 3 heteroatoms. The Morgan fingerprint density at radius 3 is 2.92 bits per heavy atom. The van der Waals surface area contributed by atoms with Gasteiger partial charge in [-0.1, -0.05) is 17.7 Å². The fraction of sp³-hybridized carbons (Fsp3) is 0.400. The van der Waals surface area contributed by atoms with Crippen LogP contribution in [0.1, 0.15) is 24.4 Å². The molecule has 0 saturated carbocycles. The Bertz CT molecular complexity index is 306. The molecule has 1 aliphatic rings. The average molecular weight is 197 g/mol. The molecule has 0 unspecified atom stereocenters. The van der Waals surface area contributed by atoms with E-state index in [9.17, 15) is 0 Å². The average Bonchev–Trinajstić information content (AvgIpc) is 2.62. The minimum Gasteiger partial charge on any atom is -0.398 e. The van der Waals surface area contributed by atoms with Crippen LogP contribution in [0, 0.1) is 0 Å². The summed E-state index contributed by atoms with van der Waals surface area (Å²) in [4.78, 5) is 0. The second-order valence-electron chi connectivity index (χ2n) is 3.43. The first-order chi connectivity index (χ1) is 6.27. The van der Waals surface area contributed by atoms with Gasteiger partial charge in [-0.2, -0.15) is 0 Å². The number of anilines is 1. The van der Waals surface area contributed by atoms with Crippen molar-refractivity contribution in [3.05, 3.63) is 28.8 Å². The quantitative estimate of drug-likeness (QED) is 0.677. The van der Waals surface area contributed by atoms with Crippen LogP contribution in [0.4, 0.5) is 5.69 Å². The van der Waals surface area contributed by atoms with Gasteiger partial charge in [0.05, 0.1) is 10.7 Å². The Hall–Kier alpha value is -0.730. The molecule has 1 aliphatic heterocycles. The summed E-state index contributed by atoms with van der Waals surface area (Å²) < 4.78 is 0. The SMILES string of the molecule is Nc1cc([C@H]2CCCN2)ccc1Cl. The number of hydrogen-bond donors (Lipinski definition) is 2. The summed E-state index contributed by atoms with van der Waals surface area (Å²) in [6.07, 6.45) is 2.44. The minimum absolute atomic E-state index is 0.472. The van der Waals surface area contributed by atoms with Gasteiger partial charge in [0.25, 0.3) is 0 Å². The molecule has 3 N–H and O–H groups in total. The first-order valence-electron chi connectivity index (χ1n) is 4.55. The monoisotopic (exact) mass is 196 g/mol. The van der Waals surface area contributed by atoms with Gasteiger partial charge in [0.15, 0.2) is 0 Å². The molecule has 0 radical (unpaired) electrons. The Morgan fingerprint density at radius 1 is 1.46 bits per heavy atom. The van der Waals surface area contributed by atoms with E-state index in [0.717, 1.165) is 6.54 Å². The summed E-state index contributed by atoms with van der Waals surface area (Å²) >= 11 is 5.84. The fourth-order valence-corrected chi connectivity index (χ4v) is 1.87. The highest BCUT2D eigenvalue weighted by Crippen LogP contribution is 2.27. The first kappa shape index (κ1) is 8.85. The summed E-state index contributed by atoms with van der Waals surface area (Å²) in [7, 11) is 0. The van der Waals surface area contributed by atoms with E-state index in [1.807, 2.05) is 18.2 Å². The van der Waals surface area contributed by atoms with Gasteiger partial charge in [-0.25, -0.2) is 0 Å². The number of nitrogen functional groups attached to an aromatic ring is 1. The van der Waals surface area contributed by atoms with Crippen molar-refractivity contribution in [3.63, 3.8) is 0 Å². The van der Waals surface area contributed by atoms with Gasteiger partial charge in [-0.3, -0.25) is 0 Å². The van der Waals surface area contributed by atoms with Gasteiger partial charge in [-0.15, -0.1) is 0 Å². The molecule has 1 heterocycles. The van der Waals surface area contributed by atoms with Gasteiger partial charge < -0.3 is 11.1 Å². The van der Waals surface area contributed by atoms with Crippen molar-refractivity contribution < 1.29 is 0 Å². The molecule has 1 saturated heterocycles. The van der Waals surface area contributed by atoms with E-state index in [1.54, 1.807) is 0 Å². The first-order valence-corrected chi connectivity index (χ1v) is 4.93. The molecule has 0 aliphatic carbocycles. The predicted molar refractivity (Wildman–Crippen MR) is 55.8 cm³/mol. The van der Waals surface area contributed by atoms with Crippen LogP contribution in [-0.4, -0.2) is 6.54 Å². The summed E-state index contributed by atoms with van der Waals surface area (Å²) in [5.41, 5.74) is 7.65. The number of nitrogens with two attached hydrogens (primary N) is 1. The molecule has 2 rings (SSSR count). The van der Waals surface area contributed by atoms with Gasteiger partial charge in [-0.05, 0) is 37.1 Å². The lowest BCUT2D eigenvalue weighted by atomic mass is 10.1. The summed E-state index contributed by atoms with van der Waals surface area (Å²) in [5, 5.41) is 4.06. The zero-order valence-electron chi connectivity index (χ0n) is 7.39. The fourth-order valence-electron chi connectivity index (χ4n) is 1.75. The van der Waals surface area contributed by atoms with Crippen LogP contribution in [0.5, 0.6) is 0 Å². The van der Waals surface area contributed by atoms with Gasteiger partial charge >= 0.3 is 0 Å². The van der Waals surface area contributed by atoms with E-state index in [4.69, 9.17) is 17.3 Å². The van der Waals surface area contributed by atoms with E-state index < -0.39 is 0 Å². The number of halogens is 1. The number of benzene rings is 1. The van der Waals surface area contributed by atoms with Gasteiger partial charge in [0.2, 0.25) is 0 Å². The zero-order chi connectivity index (χ0) is 9.26. The van der Waals surface area contributed by atoms with Crippen LogP contribution in [0.15, 0.2) is 18.2 Å². The molecule has 1 fully saturated rings. The number of nitrogens with one attached hydrogen (secondary N) is 1. The van der Waals surface area contributed by atoms with Crippen LogP contribution >= 0.6 is 11.6 Å². The standard InChI is InChI=1S/C10H13ClN2/c11-8-4-3-7(6-9(8)12)10-2-1-5-13-10/h3-4,6,10,13H,1-2,5,12H2/t10-/m1/s1. The Balaban J connectivity index is 2.25. The molecule has 0 bridgehead atoms. The zero-order valence-corrected chi connectivity index (χ0v) is 8.14. The van der Waals surface area contributed by atoms with E-state index in [1.165, 1.54) is 18.4 Å². The van der Waals surface area contributed by atoms with Crippen molar-refractivity contribution in [1.82, 2.24) is 5.32 Å². The maximum atomic E-state index is 5.84. The lowest BCUT2D eigenvalue weighted by Gasteiger charge is -2.11. The van der Waals surface area contributed by atoms with Crippen molar-refractivity contribution in [1.29, 1.82) is 0 Å². The van der Waals surface area contributed by atoms with Crippen LogP contribution in [0.25, 0.3) is 0 Å². The third-order valence-corrected chi connectivity index (χ3v) is 2.83. The third-order valence-electron chi connectivity index (χ3n) is 2.48. The van der Waals surface area contributed by atoms with Crippen molar-refractivity contribution >= 4 is 17.3 Å². The maximum absolute atomic E-state index is 5.84. The van der Waals surface area contributed by atoms with Crippen LogP contribution in [0.2, 0.25) is 5.02 Å². The Morgan fingerprint density at radius 2 is 2.31 bits per heavy atom. The van der Waals surface area contributed by atoms with Crippen LogP contribution < -0.4 is 11.1 Å².